The maximum atomic E-state index is 11.0. The second-order valence-corrected chi connectivity index (χ2v) is 16.2. The van der Waals surface area contributed by atoms with E-state index in [4.69, 9.17) is 5.73 Å². The molecule has 0 saturated heterocycles. The number of nitrogen functional groups attached to an aromatic ring is 1. The van der Waals surface area contributed by atoms with Gasteiger partial charge in [0, 0.05) is 10.8 Å². The number of rotatable bonds is 3. The first-order valence-corrected chi connectivity index (χ1v) is 18.0. The van der Waals surface area contributed by atoms with Crippen molar-refractivity contribution < 1.29 is 0 Å². The van der Waals surface area contributed by atoms with E-state index >= 15 is 0 Å². The first-order valence-electron chi connectivity index (χ1n) is 18.0. The van der Waals surface area contributed by atoms with Crippen LogP contribution in [0.5, 0.6) is 0 Å². The van der Waals surface area contributed by atoms with Crippen LogP contribution < -0.4 is 5.73 Å². The van der Waals surface area contributed by atoms with Crippen molar-refractivity contribution in [3.8, 4) is 29.0 Å². The van der Waals surface area contributed by atoms with E-state index in [1.165, 1.54) is 27.8 Å². The summed E-state index contributed by atoms with van der Waals surface area (Å²) in [5, 5.41) is 23.8. The Kier molecular flexibility index (Phi) is 6.41. The number of benzene rings is 6. The van der Waals surface area contributed by atoms with Gasteiger partial charge >= 0.3 is 0 Å². The molecule has 4 nitrogen and oxygen atoms in total. The molecular formula is C48H40N4. The van der Waals surface area contributed by atoms with Crippen molar-refractivity contribution in [3.05, 3.63) is 166 Å². The van der Waals surface area contributed by atoms with Gasteiger partial charge in [0.05, 0.1) is 39.0 Å². The van der Waals surface area contributed by atoms with E-state index in [9.17, 15) is 10.5 Å². The van der Waals surface area contributed by atoms with Gasteiger partial charge in [0.25, 0.3) is 0 Å². The van der Waals surface area contributed by atoms with Gasteiger partial charge < -0.3 is 10.3 Å². The van der Waals surface area contributed by atoms with E-state index in [2.05, 4.69) is 180 Å². The average Bonchev–Trinajstić information content (AvgIpc) is 3.67. The van der Waals surface area contributed by atoms with E-state index in [1.54, 1.807) is 0 Å². The maximum Gasteiger partial charge on any atom is 0.103 e. The van der Waals surface area contributed by atoms with Crippen molar-refractivity contribution >= 4 is 27.5 Å². The highest BCUT2D eigenvalue weighted by Gasteiger charge is 2.60. The summed E-state index contributed by atoms with van der Waals surface area (Å²) in [6, 6.07) is 48.6. The molecule has 0 atom stereocenters. The zero-order chi connectivity index (χ0) is 36.4. The SMILES string of the molecule is CC1(C)c2c(N)c(C#N)c(C#N)c(-n3c4ccccc4c4cc5c(cc43)-c3ccccc3C5(c3ccccc3)c3ccccc3)c2C(C)(C)C1(C)C. The molecule has 0 bridgehead atoms. The summed E-state index contributed by atoms with van der Waals surface area (Å²) in [6.07, 6.45) is 0. The van der Waals surface area contributed by atoms with Gasteiger partial charge in [-0.05, 0) is 79.0 Å². The largest absolute Gasteiger partial charge is 0.397 e. The van der Waals surface area contributed by atoms with Crippen molar-refractivity contribution in [3.63, 3.8) is 0 Å². The molecule has 252 valence electrons. The summed E-state index contributed by atoms with van der Waals surface area (Å²) in [6.45, 7) is 13.6. The van der Waals surface area contributed by atoms with Crippen LogP contribution in [0, 0.1) is 28.1 Å². The third-order valence-corrected chi connectivity index (χ3v) is 13.6. The van der Waals surface area contributed by atoms with Crippen molar-refractivity contribution in [2.45, 2.75) is 57.8 Å². The molecule has 0 fully saturated rings. The zero-order valence-electron chi connectivity index (χ0n) is 30.5. The van der Waals surface area contributed by atoms with Crippen LogP contribution in [0.2, 0.25) is 0 Å². The molecule has 0 radical (unpaired) electrons. The molecule has 2 aliphatic carbocycles. The normalized spacial score (nSPS) is 16.9. The fraction of sp³-hybridized carbons (Fsp3) is 0.208. The number of aromatic nitrogens is 1. The van der Waals surface area contributed by atoms with E-state index in [0.29, 0.717) is 11.3 Å². The molecule has 2 aliphatic rings. The number of anilines is 1. The predicted molar refractivity (Wildman–Crippen MR) is 212 cm³/mol. The fourth-order valence-corrected chi connectivity index (χ4v) is 10.0. The first kappa shape index (κ1) is 31.9. The van der Waals surface area contributed by atoms with E-state index in [-0.39, 0.29) is 16.4 Å². The summed E-state index contributed by atoms with van der Waals surface area (Å²) >= 11 is 0. The third-order valence-electron chi connectivity index (χ3n) is 13.6. The van der Waals surface area contributed by atoms with E-state index in [0.717, 1.165) is 44.2 Å². The molecule has 6 aromatic carbocycles. The number of fused-ring (bicyclic) bond motifs is 7. The Morgan fingerprint density at radius 3 is 1.73 bits per heavy atom. The van der Waals surface area contributed by atoms with Crippen molar-refractivity contribution in [2.24, 2.45) is 5.41 Å². The van der Waals surface area contributed by atoms with Crippen molar-refractivity contribution in [2.75, 3.05) is 5.73 Å². The first-order chi connectivity index (χ1) is 24.9. The van der Waals surface area contributed by atoms with Gasteiger partial charge in [-0.25, -0.2) is 0 Å². The minimum Gasteiger partial charge on any atom is -0.397 e. The minimum atomic E-state index is -0.546. The number of para-hydroxylation sites is 1. The van der Waals surface area contributed by atoms with Crippen LogP contribution in [0.25, 0.3) is 38.6 Å². The summed E-state index contributed by atoms with van der Waals surface area (Å²) in [5.74, 6) is 0. The highest BCUT2D eigenvalue weighted by Crippen LogP contribution is 2.65. The number of hydrogen-bond donors (Lipinski definition) is 1. The zero-order valence-corrected chi connectivity index (χ0v) is 30.5. The second kappa shape index (κ2) is 10.5. The molecule has 0 spiro atoms. The monoisotopic (exact) mass is 672 g/mol. The number of nitriles is 2. The summed E-state index contributed by atoms with van der Waals surface area (Å²) in [4.78, 5) is 0. The molecule has 4 heteroatoms. The Labute approximate surface area is 305 Å². The Morgan fingerprint density at radius 1 is 0.538 bits per heavy atom. The summed E-state index contributed by atoms with van der Waals surface area (Å²) in [7, 11) is 0. The number of hydrogen-bond acceptors (Lipinski definition) is 3. The topological polar surface area (TPSA) is 78.5 Å². The van der Waals surface area contributed by atoms with Gasteiger partial charge in [-0.15, -0.1) is 0 Å². The molecule has 0 unspecified atom stereocenters. The Balaban J connectivity index is 1.50. The van der Waals surface area contributed by atoms with Crippen LogP contribution in [-0.2, 0) is 16.2 Å². The Morgan fingerprint density at radius 2 is 1.10 bits per heavy atom. The van der Waals surface area contributed by atoms with Crippen LogP contribution in [0.4, 0.5) is 5.69 Å². The lowest BCUT2D eigenvalue weighted by molar-refractivity contribution is 0.125. The van der Waals surface area contributed by atoms with Crippen LogP contribution in [-0.4, -0.2) is 4.57 Å². The second-order valence-electron chi connectivity index (χ2n) is 16.2. The predicted octanol–water partition coefficient (Wildman–Crippen LogP) is 11.1. The molecule has 7 aromatic rings. The van der Waals surface area contributed by atoms with Crippen molar-refractivity contribution in [1.29, 1.82) is 10.5 Å². The van der Waals surface area contributed by atoms with Crippen LogP contribution in [0.3, 0.4) is 0 Å². The fourth-order valence-electron chi connectivity index (χ4n) is 10.0. The summed E-state index contributed by atoms with van der Waals surface area (Å²) in [5.41, 5.74) is 18.4. The molecule has 1 aromatic heterocycles. The molecule has 52 heavy (non-hydrogen) atoms. The van der Waals surface area contributed by atoms with Crippen LogP contribution in [0.1, 0.15) is 86.1 Å². The lowest BCUT2D eigenvalue weighted by atomic mass is 9.59. The molecular weight excluding hydrogens is 633 g/mol. The molecule has 1 heterocycles. The minimum absolute atomic E-state index is 0.252. The number of nitrogens with two attached hydrogens (primary N) is 1. The Bertz CT molecular complexity index is 2690. The lowest BCUT2D eigenvalue weighted by Gasteiger charge is -2.44. The van der Waals surface area contributed by atoms with Crippen LogP contribution >= 0.6 is 0 Å². The van der Waals surface area contributed by atoms with Gasteiger partial charge in [0.2, 0.25) is 0 Å². The van der Waals surface area contributed by atoms with Crippen molar-refractivity contribution in [1.82, 2.24) is 4.57 Å². The lowest BCUT2D eigenvalue weighted by Crippen LogP contribution is -2.42. The highest BCUT2D eigenvalue weighted by molar-refractivity contribution is 6.12. The van der Waals surface area contributed by atoms with Gasteiger partial charge in [0.1, 0.15) is 12.1 Å². The third kappa shape index (κ3) is 3.60. The van der Waals surface area contributed by atoms with Gasteiger partial charge in [-0.3, -0.25) is 0 Å². The Hall–Kier alpha value is -6.10. The smallest absolute Gasteiger partial charge is 0.103 e. The molecule has 0 amide bonds. The van der Waals surface area contributed by atoms with Gasteiger partial charge in [-0.2, -0.15) is 10.5 Å². The molecule has 0 saturated carbocycles. The van der Waals surface area contributed by atoms with E-state index in [1.807, 2.05) is 0 Å². The van der Waals surface area contributed by atoms with Gasteiger partial charge in [0.15, 0.2) is 0 Å². The summed E-state index contributed by atoms with van der Waals surface area (Å²) < 4.78 is 2.27. The standard InChI is InChI=1S/C48H40N4/c1-45(2)41-42(46(3,4)47(45,5)6)44(36(28-50)35(27-49)43(41)51)52-39-24-16-14-22-32(39)34-25-38-33(26-40(34)52)31-21-13-15-23-37(31)48(38,29-17-9-7-10-18-29)30-19-11-8-12-20-30/h7-26H,51H2,1-6H3. The molecule has 9 rings (SSSR count). The molecule has 0 aliphatic heterocycles. The average molecular weight is 673 g/mol. The molecule has 2 N–H and O–H groups in total. The highest BCUT2D eigenvalue weighted by atomic mass is 15.0. The number of nitrogens with zero attached hydrogens (tertiary/aromatic N) is 3. The van der Waals surface area contributed by atoms with E-state index < -0.39 is 10.8 Å². The van der Waals surface area contributed by atoms with Crippen LogP contribution in [0.15, 0.2) is 121 Å². The quantitative estimate of drug-likeness (QED) is 0.190. The maximum absolute atomic E-state index is 11.0. The van der Waals surface area contributed by atoms with Gasteiger partial charge in [-0.1, -0.05) is 145 Å².